The molecule has 0 fully saturated rings. The van der Waals surface area contributed by atoms with E-state index in [0.717, 1.165) is 0 Å². The molecular weight excluding hydrogens is 598 g/mol. The Morgan fingerprint density at radius 1 is 0.605 bits per heavy atom. The Morgan fingerprint density at radius 2 is 1.19 bits per heavy atom. The highest BCUT2D eigenvalue weighted by molar-refractivity contribution is 5.65. The first-order valence-corrected chi connectivity index (χ1v) is 12.0. The standard InChI is InChI=1S/C30H16F10O3/c1-2-41-20-9-7-17(8-10-20)19-6-5-18(22(31)13-19)4-3-16-11-23(32)27(24(33)12-16)29(36,37)42-21-14-25(34)28(26(35)15-21)43-30(38,39)40/h5-15H,2H2,1H3. The van der Waals surface area contributed by atoms with Gasteiger partial charge in [-0.3, -0.25) is 0 Å². The summed E-state index contributed by atoms with van der Waals surface area (Å²) < 4.78 is 150. The lowest BCUT2D eigenvalue weighted by Gasteiger charge is -2.20. The van der Waals surface area contributed by atoms with Crippen molar-refractivity contribution in [3.63, 3.8) is 0 Å². The van der Waals surface area contributed by atoms with E-state index in [1.165, 1.54) is 12.1 Å². The maximum atomic E-state index is 14.7. The Morgan fingerprint density at radius 3 is 1.72 bits per heavy atom. The van der Waals surface area contributed by atoms with E-state index in [9.17, 15) is 43.9 Å². The minimum Gasteiger partial charge on any atom is -0.494 e. The number of halogens is 10. The Hall–Kier alpha value is -4.86. The number of rotatable bonds is 7. The summed E-state index contributed by atoms with van der Waals surface area (Å²) in [6.07, 6.45) is -10.4. The molecule has 4 aromatic rings. The minimum atomic E-state index is -5.50. The van der Waals surface area contributed by atoms with Gasteiger partial charge in [0.2, 0.25) is 5.75 Å². The molecule has 0 aromatic heterocycles. The van der Waals surface area contributed by atoms with Crippen molar-refractivity contribution in [2.24, 2.45) is 0 Å². The zero-order valence-corrected chi connectivity index (χ0v) is 21.6. The number of ether oxygens (including phenoxy) is 3. The van der Waals surface area contributed by atoms with E-state index in [-0.39, 0.29) is 17.7 Å². The molecule has 0 aliphatic rings. The van der Waals surface area contributed by atoms with Crippen molar-refractivity contribution < 1.29 is 58.1 Å². The van der Waals surface area contributed by atoms with Crippen molar-refractivity contribution in [2.45, 2.75) is 19.4 Å². The van der Waals surface area contributed by atoms with Gasteiger partial charge in [0.1, 0.15) is 34.5 Å². The van der Waals surface area contributed by atoms with Crippen LogP contribution in [0.25, 0.3) is 11.1 Å². The third-order valence-electron chi connectivity index (χ3n) is 5.58. The number of hydrogen-bond acceptors (Lipinski definition) is 3. The molecule has 13 heteroatoms. The molecule has 0 unspecified atom stereocenters. The van der Waals surface area contributed by atoms with Gasteiger partial charge in [0.05, 0.1) is 12.2 Å². The van der Waals surface area contributed by atoms with Crippen LogP contribution in [0.5, 0.6) is 17.2 Å². The Kier molecular flexibility index (Phi) is 8.80. The third kappa shape index (κ3) is 7.51. The van der Waals surface area contributed by atoms with Crippen LogP contribution < -0.4 is 14.2 Å². The molecule has 0 saturated heterocycles. The van der Waals surface area contributed by atoms with Gasteiger partial charge < -0.3 is 14.2 Å². The monoisotopic (exact) mass is 614 g/mol. The fraction of sp³-hybridized carbons (Fsp3) is 0.133. The van der Waals surface area contributed by atoms with E-state index < -0.39 is 64.2 Å². The predicted octanol–water partition coefficient (Wildman–Crippen LogP) is 8.87. The zero-order chi connectivity index (χ0) is 31.5. The summed E-state index contributed by atoms with van der Waals surface area (Å²) in [6.45, 7) is 2.29. The van der Waals surface area contributed by atoms with Crippen LogP contribution in [0.3, 0.4) is 0 Å². The van der Waals surface area contributed by atoms with Crippen molar-refractivity contribution in [3.8, 4) is 40.2 Å². The largest absolute Gasteiger partial charge is 0.573 e. The average molecular weight is 614 g/mol. The minimum absolute atomic E-state index is 0.0938. The second-order valence-corrected chi connectivity index (χ2v) is 8.60. The second-order valence-electron chi connectivity index (χ2n) is 8.60. The van der Waals surface area contributed by atoms with Crippen LogP contribution in [-0.4, -0.2) is 13.0 Å². The molecule has 0 atom stereocenters. The highest BCUT2D eigenvalue weighted by Gasteiger charge is 2.42. The summed E-state index contributed by atoms with van der Waals surface area (Å²) in [7, 11) is 0. The molecule has 0 aliphatic carbocycles. The number of alkyl halides is 5. The summed E-state index contributed by atoms with van der Waals surface area (Å²) >= 11 is 0. The van der Waals surface area contributed by atoms with Crippen LogP contribution in [0, 0.1) is 40.9 Å². The number of hydrogen-bond donors (Lipinski definition) is 0. The van der Waals surface area contributed by atoms with Crippen molar-refractivity contribution in [1.82, 2.24) is 0 Å². The van der Waals surface area contributed by atoms with E-state index in [1.807, 2.05) is 6.92 Å². The molecule has 0 amide bonds. The molecule has 0 heterocycles. The van der Waals surface area contributed by atoms with Gasteiger partial charge in [-0.2, -0.15) is 8.78 Å². The van der Waals surface area contributed by atoms with E-state index >= 15 is 0 Å². The maximum Gasteiger partial charge on any atom is 0.573 e. The molecule has 3 nitrogen and oxygen atoms in total. The van der Waals surface area contributed by atoms with Crippen molar-refractivity contribution in [1.29, 1.82) is 0 Å². The van der Waals surface area contributed by atoms with Gasteiger partial charge in [0.25, 0.3) is 0 Å². The first kappa shape index (κ1) is 31.1. The van der Waals surface area contributed by atoms with Gasteiger partial charge in [-0.1, -0.05) is 30.0 Å². The van der Waals surface area contributed by atoms with Crippen molar-refractivity contribution in [3.05, 3.63) is 113 Å². The van der Waals surface area contributed by atoms with Gasteiger partial charge in [-0.25, -0.2) is 22.0 Å². The van der Waals surface area contributed by atoms with Gasteiger partial charge in [0.15, 0.2) is 11.6 Å². The Bertz CT molecular complexity index is 1660. The summed E-state index contributed by atoms with van der Waals surface area (Å²) in [6, 6.07) is 11.4. The molecule has 4 rings (SSSR count). The SMILES string of the molecule is CCOc1ccc(-c2ccc(C#Cc3cc(F)c(C(F)(F)Oc4cc(F)c(OC(F)(F)F)c(F)c4)c(F)c3)c(F)c2)cc1. The summed E-state index contributed by atoms with van der Waals surface area (Å²) in [4.78, 5) is 0. The van der Waals surface area contributed by atoms with Crippen LogP contribution >= 0.6 is 0 Å². The lowest BCUT2D eigenvalue weighted by atomic mass is 10.0. The molecule has 224 valence electrons. The van der Waals surface area contributed by atoms with E-state index in [4.69, 9.17) is 4.74 Å². The lowest BCUT2D eigenvalue weighted by molar-refractivity contribution is -0.276. The summed E-state index contributed by atoms with van der Waals surface area (Å²) in [5.74, 6) is -6.83. The predicted molar refractivity (Wildman–Crippen MR) is 133 cm³/mol. The van der Waals surface area contributed by atoms with Gasteiger partial charge in [0, 0.05) is 17.7 Å². The van der Waals surface area contributed by atoms with Gasteiger partial charge >= 0.3 is 12.5 Å². The molecule has 43 heavy (non-hydrogen) atoms. The molecule has 0 aliphatic heterocycles. The third-order valence-corrected chi connectivity index (χ3v) is 5.58. The van der Waals surface area contributed by atoms with Crippen LogP contribution in [0.4, 0.5) is 43.9 Å². The molecule has 4 aromatic carbocycles. The van der Waals surface area contributed by atoms with Crippen LogP contribution in [0.2, 0.25) is 0 Å². The molecule has 0 N–H and O–H groups in total. The fourth-order valence-corrected chi connectivity index (χ4v) is 3.78. The molecular formula is C30H16F10O3. The van der Waals surface area contributed by atoms with Crippen LogP contribution in [0.1, 0.15) is 23.6 Å². The summed E-state index contributed by atoms with van der Waals surface area (Å²) in [5, 5.41) is 0. The lowest BCUT2D eigenvalue weighted by Crippen LogP contribution is -2.25. The van der Waals surface area contributed by atoms with Crippen LogP contribution in [0.15, 0.2) is 66.7 Å². The first-order valence-electron chi connectivity index (χ1n) is 12.0. The quantitative estimate of drug-likeness (QED) is 0.154. The topological polar surface area (TPSA) is 27.7 Å². The van der Waals surface area contributed by atoms with E-state index in [1.54, 1.807) is 30.3 Å². The van der Waals surface area contributed by atoms with Crippen LogP contribution in [-0.2, 0) is 6.11 Å². The Balaban J connectivity index is 1.55. The number of benzene rings is 4. The smallest absolute Gasteiger partial charge is 0.494 e. The van der Waals surface area contributed by atoms with Gasteiger partial charge in [-0.15, -0.1) is 13.2 Å². The van der Waals surface area contributed by atoms with E-state index in [2.05, 4.69) is 21.3 Å². The highest BCUT2D eigenvalue weighted by Crippen LogP contribution is 2.38. The second kappa shape index (κ2) is 12.2. The normalized spacial score (nSPS) is 11.5. The van der Waals surface area contributed by atoms with Crippen molar-refractivity contribution >= 4 is 0 Å². The molecule has 0 radical (unpaired) electrons. The van der Waals surface area contributed by atoms with Crippen molar-refractivity contribution in [2.75, 3.05) is 6.61 Å². The van der Waals surface area contributed by atoms with Gasteiger partial charge in [-0.05, 0) is 54.4 Å². The molecule has 0 saturated carbocycles. The fourth-order valence-electron chi connectivity index (χ4n) is 3.78. The Labute approximate surface area is 237 Å². The van der Waals surface area contributed by atoms with E-state index in [0.29, 0.717) is 35.6 Å². The maximum absolute atomic E-state index is 14.7. The average Bonchev–Trinajstić information content (AvgIpc) is 2.89. The zero-order valence-electron chi connectivity index (χ0n) is 21.6. The first-order chi connectivity index (χ1) is 20.2. The summed E-state index contributed by atoms with van der Waals surface area (Å²) in [5.41, 5.74) is -1.47. The molecule has 0 spiro atoms. The molecule has 0 bridgehead atoms. The highest BCUT2D eigenvalue weighted by atomic mass is 19.4.